The fourth-order valence-electron chi connectivity index (χ4n) is 3.45. The van der Waals surface area contributed by atoms with Crippen LogP contribution in [0.25, 0.3) is 0 Å². The summed E-state index contributed by atoms with van der Waals surface area (Å²) in [6.45, 7) is 2.28. The molecule has 0 aliphatic carbocycles. The number of hydrogen-bond acceptors (Lipinski definition) is 3. The zero-order valence-corrected chi connectivity index (χ0v) is 15.9. The third-order valence-corrected chi connectivity index (χ3v) is 5.31. The number of carboxylic acids is 1. The smallest absolute Gasteiger partial charge is 0.303 e. The number of halogens is 2. The summed E-state index contributed by atoms with van der Waals surface area (Å²) < 4.78 is 14.0. The number of benzene rings is 2. The summed E-state index contributed by atoms with van der Waals surface area (Å²) in [5.41, 5.74) is 2.61. The number of rotatable bonds is 7. The van der Waals surface area contributed by atoms with E-state index >= 15 is 0 Å². The molecule has 2 N–H and O–H groups in total. The number of anilines is 1. The van der Waals surface area contributed by atoms with Crippen molar-refractivity contribution in [2.45, 2.75) is 38.3 Å². The minimum atomic E-state index is -0.782. The van der Waals surface area contributed by atoms with Crippen LogP contribution in [0, 0.1) is 5.82 Å². The van der Waals surface area contributed by atoms with Crippen LogP contribution in [-0.4, -0.2) is 35.1 Å². The van der Waals surface area contributed by atoms with Crippen LogP contribution in [0.1, 0.15) is 30.4 Å². The predicted octanol–water partition coefficient (Wildman–Crippen LogP) is 4.57. The van der Waals surface area contributed by atoms with Crippen LogP contribution in [0.15, 0.2) is 42.5 Å². The Labute approximate surface area is 164 Å². The summed E-state index contributed by atoms with van der Waals surface area (Å²) in [7, 11) is 0. The van der Waals surface area contributed by atoms with E-state index in [9.17, 15) is 9.18 Å². The van der Waals surface area contributed by atoms with Crippen LogP contribution in [0.5, 0.6) is 0 Å². The van der Waals surface area contributed by atoms with Gasteiger partial charge in [-0.2, -0.15) is 0 Å². The van der Waals surface area contributed by atoms with Crippen molar-refractivity contribution in [3.05, 3.63) is 64.4 Å². The summed E-state index contributed by atoms with van der Waals surface area (Å²) in [5, 5.41) is 12.8. The number of aliphatic carboxylic acids is 1. The molecule has 144 valence electrons. The summed E-state index contributed by atoms with van der Waals surface area (Å²) in [4.78, 5) is 13.0. The maximum Gasteiger partial charge on any atom is 0.303 e. The molecule has 0 bridgehead atoms. The van der Waals surface area contributed by atoms with Crippen LogP contribution >= 0.6 is 11.6 Å². The number of nitrogens with zero attached hydrogens (tertiary/aromatic N) is 1. The first-order valence-corrected chi connectivity index (χ1v) is 9.61. The summed E-state index contributed by atoms with van der Waals surface area (Å²) in [6, 6.07) is 13.1. The van der Waals surface area contributed by atoms with Crippen molar-refractivity contribution < 1.29 is 14.3 Å². The van der Waals surface area contributed by atoms with Crippen LogP contribution in [-0.2, 0) is 17.8 Å². The van der Waals surface area contributed by atoms with Gasteiger partial charge in [0.1, 0.15) is 5.82 Å². The van der Waals surface area contributed by atoms with Crippen LogP contribution in [0.4, 0.5) is 10.1 Å². The molecule has 1 aliphatic heterocycles. The maximum absolute atomic E-state index is 14.0. The number of likely N-dealkylation sites (tertiary alicyclic amines) is 1. The number of hydrogen-bond donors (Lipinski definition) is 2. The molecule has 1 fully saturated rings. The van der Waals surface area contributed by atoms with E-state index in [4.69, 9.17) is 16.7 Å². The topological polar surface area (TPSA) is 52.6 Å². The Morgan fingerprint density at radius 3 is 2.67 bits per heavy atom. The fourth-order valence-corrected chi connectivity index (χ4v) is 3.67. The number of carbonyl (C=O) groups is 1. The molecule has 0 radical (unpaired) electrons. The number of carboxylic acid groups (broad SMARTS) is 1. The van der Waals surface area contributed by atoms with Gasteiger partial charge in [-0.05, 0) is 49.1 Å². The molecule has 1 saturated heterocycles. The molecule has 6 heteroatoms. The van der Waals surface area contributed by atoms with E-state index in [1.165, 1.54) is 6.07 Å². The highest BCUT2D eigenvalue weighted by molar-refractivity contribution is 6.31. The third-order valence-electron chi connectivity index (χ3n) is 4.96. The lowest BCUT2D eigenvalue weighted by Gasteiger charge is -2.33. The van der Waals surface area contributed by atoms with Gasteiger partial charge in [0, 0.05) is 48.4 Å². The average molecular weight is 391 g/mol. The Kier molecular flexibility index (Phi) is 6.69. The zero-order chi connectivity index (χ0) is 19.2. The molecule has 2 aromatic rings. The van der Waals surface area contributed by atoms with Crippen LogP contribution < -0.4 is 5.32 Å². The molecule has 1 heterocycles. The molecule has 1 aliphatic rings. The second kappa shape index (κ2) is 9.20. The van der Waals surface area contributed by atoms with Gasteiger partial charge in [0.15, 0.2) is 0 Å². The minimum Gasteiger partial charge on any atom is -0.481 e. The maximum atomic E-state index is 14.0. The van der Waals surface area contributed by atoms with E-state index in [1.54, 1.807) is 12.1 Å². The molecule has 2 aromatic carbocycles. The second-order valence-electron chi connectivity index (χ2n) is 6.99. The van der Waals surface area contributed by atoms with Gasteiger partial charge in [-0.15, -0.1) is 0 Å². The van der Waals surface area contributed by atoms with E-state index in [1.807, 2.05) is 24.3 Å². The molecule has 0 aromatic heterocycles. The molecule has 0 spiro atoms. The summed E-state index contributed by atoms with van der Waals surface area (Å²) in [6.07, 6.45) is 2.60. The highest BCUT2D eigenvalue weighted by Crippen LogP contribution is 2.24. The highest BCUT2D eigenvalue weighted by Gasteiger charge is 2.21. The van der Waals surface area contributed by atoms with Crippen LogP contribution in [0.3, 0.4) is 0 Å². The van der Waals surface area contributed by atoms with E-state index < -0.39 is 5.97 Å². The van der Waals surface area contributed by atoms with Gasteiger partial charge in [-0.1, -0.05) is 29.8 Å². The number of aryl methyl sites for hydroxylation is 1. The molecule has 4 nitrogen and oxygen atoms in total. The fraction of sp³-hybridized carbons (Fsp3) is 0.381. The molecule has 0 unspecified atom stereocenters. The van der Waals surface area contributed by atoms with Gasteiger partial charge in [-0.3, -0.25) is 9.69 Å². The van der Waals surface area contributed by atoms with Gasteiger partial charge in [0.05, 0.1) is 0 Å². The number of nitrogens with one attached hydrogen (secondary N) is 1. The van der Waals surface area contributed by atoms with E-state index in [-0.39, 0.29) is 12.2 Å². The van der Waals surface area contributed by atoms with E-state index in [2.05, 4.69) is 10.2 Å². The average Bonchev–Trinajstić information content (AvgIpc) is 2.65. The minimum absolute atomic E-state index is 0.139. The Morgan fingerprint density at radius 2 is 1.96 bits per heavy atom. The van der Waals surface area contributed by atoms with E-state index in [0.717, 1.165) is 37.2 Å². The Morgan fingerprint density at radius 1 is 1.22 bits per heavy atom. The van der Waals surface area contributed by atoms with Crippen molar-refractivity contribution in [1.29, 1.82) is 0 Å². The van der Waals surface area contributed by atoms with Crippen molar-refractivity contribution in [1.82, 2.24) is 4.90 Å². The SMILES string of the molecule is O=C(O)CCc1cccc(NC2CCN(Cc3c(F)cccc3Cl)CC2)c1. The van der Waals surface area contributed by atoms with Gasteiger partial charge >= 0.3 is 5.97 Å². The first-order chi connectivity index (χ1) is 13.0. The third kappa shape index (κ3) is 5.68. The molecule has 27 heavy (non-hydrogen) atoms. The highest BCUT2D eigenvalue weighted by atomic mass is 35.5. The van der Waals surface area contributed by atoms with Gasteiger partial charge in [-0.25, -0.2) is 4.39 Å². The lowest BCUT2D eigenvalue weighted by Crippen LogP contribution is -2.38. The second-order valence-corrected chi connectivity index (χ2v) is 7.40. The van der Waals surface area contributed by atoms with Gasteiger partial charge < -0.3 is 10.4 Å². The standard InChI is InChI=1S/C21H24ClFN2O2/c22-19-5-2-6-20(23)18(19)14-25-11-9-16(10-12-25)24-17-4-1-3-15(13-17)7-8-21(26)27/h1-6,13,16,24H,7-12,14H2,(H,26,27). The summed E-state index contributed by atoms with van der Waals surface area (Å²) in [5.74, 6) is -1.03. The monoisotopic (exact) mass is 390 g/mol. The van der Waals surface area contributed by atoms with Crippen molar-refractivity contribution >= 4 is 23.3 Å². The molecular formula is C21H24ClFN2O2. The number of piperidine rings is 1. The normalized spacial score (nSPS) is 15.6. The predicted molar refractivity (Wildman–Crippen MR) is 106 cm³/mol. The first-order valence-electron chi connectivity index (χ1n) is 9.24. The van der Waals surface area contributed by atoms with Crippen molar-refractivity contribution in [2.75, 3.05) is 18.4 Å². The van der Waals surface area contributed by atoms with Crippen LogP contribution in [0.2, 0.25) is 5.02 Å². The Bertz CT molecular complexity index is 771. The molecule has 3 rings (SSSR count). The molecular weight excluding hydrogens is 367 g/mol. The molecule has 0 atom stereocenters. The molecule has 0 saturated carbocycles. The lowest BCUT2D eigenvalue weighted by molar-refractivity contribution is -0.136. The zero-order valence-electron chi connectivity index (χ0n) is 15.1. The van der Waals surface area contributed by atoms with E-state index in [0.29, 0.717) is 29.6 Å². The van der Waals surface area contributed by atoms with Crippen molar-refractivity contribution in [3.8, 4) is 0 Å². The summed E-state index contributed by atoms with van der Waals surface area (Å²) >= 11 is 6.13. The Balaban J connectivity index is 1.51. The van der Waals surface area contributed by atoms with Crippen molar-refractivity contribution in [2.24, 2.45) is 0 Å². The van der Waals surface area contributed by atoms with Crippen molar-refractivity contribution in [3.63, 3.8) is 0 Å². The molecule has 0 amide bonds. The quantitative estimate of drug-likeness (QED) is 0.727. The first kappa shape index (κ1) is 19.6. The largest absolute Gasteiger partial charge is 0.481 e. The Hall–Kier alpha value is -2.11. The van der Waals surface area contributed by atoms with Gasteiger partial charge in [0.25, 0.3) is 0 Å². The van der Waals surface area contributed by atoms with Gasteiger partial charge in [0.2, 0.25) is 0 Å². The lowest BCUT2D eigenvalue weighted by atomic mass is 10.0.